The summed E-state index contributed by atoms with van der Waals surface area (Å²) in [6.07, 6.45) is 5.92. The van der Waals surface area contributed by atoms with Gasteiger partial charge in [0.2, 0.25) is 5.88 Å². The van der Waals surface area contributed by atoms with E-state index in [2.05, 4.69) is 26.0 Å². The number of para-hydroxylation sites is 1. The standard InChI is InChI=1S/C34H33ClN4O5S/c35-26-15-13-25(14-16-26)34(41)17-21-39(22-18-34)20-6-7-24-23-29-30(44-32-28(24)10-5-19-36-32)11-4-12-31(29)45(42,43)38-33(40)37-27-8-2-1-3-9-27/h1-5,7-16,19,41H,6,17-18,20-23H2,(H2,37,38,40)/b24-7-. The van der Waals surface area contributed by atoms with Gasteiger partial charge in [-0.3, -0.25) is 0 Å². The van der Waals surface area contributed by atoms with Crippen LogP contribution in [0.25, 0.3) is 5.57 Å². The molecule has 3 aromatic carbocycles. The van der Waals surface area contributed by atoms with Gasteiger partial charge in [0.1, 0.15) is 5.75 Å². The van der Waals surface area contributed by atoms with Gasteiger partial charge >= 0.3 is 6.03 Å². The van der Waals surface area contributed by atoms with Crippen molar-refractivity contribution >= 4 is 38.9 Å². The van der Waals surface area contributed by atoms with Crippen LogP contribution in [0.15, 0.2) is 102 Å². The van der Waals surface area contributed by atoms with Crippen molar-refractivity contribution in [1.82, 2.24) is 14.6 Å². The first-order valence-corrected chi connectivity index (χ1v) is 16.6. The predicted molar refractivity (Wildman–Crippen MR) is 174 cm³/mol. The largest absolute Gasteiger partial charge is 0.438 e. The number of allylic oxidation sites excluding steroid dienone is 1. The van der Waals surface area contributed by atoms with Gasteiger partial charge < -0.3 is 20.1 Å². The Labute approximate surface area is 267 Å². The quantitative estimate of drug-likeness (QED) is 0.214. The Hall–Kier alpha value is -4.22. The minimum absolute atomic E-state index is 0.0422. The molecule has 0 unspecified atom stereocenters. The lowest BCUT2D eigenvalue weighted by Crippen LogP contribution is -2.42. The molecule has 1 aromatic heterocycles. The number of nitrogens with zero attached hydrogens (tertiary/aromatic N) is 2. The molecule has 45 heavy (non-hydrogen) atoms. The highest BCUT2D eigenvalue weighted by Crippen LogP contribution is 2.40. The normalized spacial score (nSPS) is 17.0. The molecule has 4 aromatic rings. The second-order valence-corrected chi connectivity index (χ2v) is 13.3. The molecule has 232 valence electrons. The van der Waals surface area contributed by atoms with Crippen molar-refractivity contribution in [3.8, 4) is 11.6 Å². The lowest BCUT2D eigenvalue weighted by Gasteiger charge is -2.38. The lowest BCUT2D eigenvalue weighted by molar-refractivity contribution is -0.0254. The van der Waals surface area contributed by atoms with Crippen molar-refractivity contribution < 1.29 is 23.1 Å². The average Bonchev–Trinajstić information content (AvgIpc) is 3.19. The molecule has 0 saturated carbocycles. The molecule has 1 saturated heterocycles. The molecular weight excluding hydrogens is 612 g/mol. The molecule has 11 heteroatoms. The molecule has 6 rings (SSSR count). The number of carbonyl (C=O) groups excluding carboxylic acids is 1. The van der Waals surface area contributed by atoms with E-state index in [0.717, 1.165) is 36.3 Å². The number of aromatic nitrogens is 1. The van der Waals surface area contributed by atoms with Gasteiger partial charge in [-0.1, -0.05) is 54.1 Å². The molecule has 0 bridgehead atoms. The number of sulfonamides is 1. The summed E-state index contributed by atoms with van der Waals surface area (Å²) in [6, 6.07) is 23.6. The van der Waals surface area contributed by atoms with Gasteiger partial charge in [0, 0.05) is 54.1 Å². The zero-order valence-electron chi connectivity index (χ0n) is 24.4. The van der Waals surface area contributed by atoms with Crippen LogP contribution in [0.1, 0.15) is 36.0 Å². The number of hydrogen-bond acceptors (Lipinski definition) is 7. The molecule has 2 aliphatic rings. The summed E-state index contributed by atoms with van der Waals surface area (Å²) in [6.45, 7) is 2.25. The Morgan fingerprint density at radius 3 is 2.51 bits per heavy atom. The molecule has 1 fully saturated rings. The van der Waals surface area contributed by atoms with Gasteiger partial charge in [-0.05, 0) is 78.9 Å². The Kier molecular flexibility index (Phi) is 8.91. The third kappa shape index (κ3) is 7.04. The third-order valence-electron chi connectivity index (χ3n) is 8.23. The molecular formula is C34H33ClN4O5S. The number of nitrogens with one attached hydrogen (secondary N) is 2. The minimum Gasteiger partial charge on any atom is -0.438 e. The number of amides is 2. The smallest absolute Gasteiger partial charge is 0.333 e. The number of aliphatic hydroxyl groups is 1. The molecule has 3 heterocycles. The van der Waals surface area contributed by atoms with E-state index in [1.807, 2.05) is 24.3 Å². The summed E-state index contributed by atoms with van der Waals surface area (Å²) in [5.74, 6) is 0.750. The monoisotopic (exact) mass is 644 g/mol. The SMILES string of the molecule is O=C(Nc1ccccc1)NS(=O)(=O)c1cccc2c1C/C(=C/CCN1CCC(O)(c3ccc(Cl)cc3)CC1)c1cccnc1O2. The topological polar surface area (TPSA) is 121 Å². The Balaban J connectivity index is 1.19. The second-order valence-electron chi connectivity index (χ2n) is 11.2. The number of ether oxygens (including phenoxy) is 1. The van der Waals surface area contributed by atoms with Crippen LogP contribution in [-0.4, -0.2) is 49.1 Å². The van der Waals surface area contributed by atoms with E-state index in [0.29, 0.717) is 47.2 Å². The van der Waals surface area contributed by atoms with Crippen LogP contribution < -0.4 is 14.8 Å². The molecule has 0 aliphatic carbocycles. The van der Waals surface area contributed by atoms with Crippen molar-refractivity contribution in [1.29, 1.82) is 0 Å². The summed E-state index contributed by atoms with van der Waals surface area (Å²) >= 11 is 6.03. The van der Waals surface area contributed by atoms with Crippen LogP contribution in [0.2, 0.25) is 5.02 Å². The van der Waals surface area contributed by atoms with Crippen molar-refractivity contribution in [2.75, 3.05) is 25.0 Å². The molecule has 3 N–H and O–H groups in total. The van der Waals surface area contributed by atoms with E-state index < -0.39 is 21.7 Å². The van der Waals surface area contributed by atoms with Crippen LogP contribution in [-0.2, 0) is 22.0 Å². The number of carbonyl (C=O) groups is 1. The highest BCUT2D eigenvalue weighted by Gasteiger charge is 2.34. The molecule has 0 spiro atoms. The molecule has 2 aliphatic heterocycles. The number of likely N-dealkylation sites (tertiary alicyclic amines) is 1. The van der Waals surface area contributed by atoms with Crippen LogP contribution in [0.4, 0.5) is 10.5 Å². The van der Waals surface area contributed by atoms with Crippen LogP contribution in [0.5, 0.6) is 11.6 Å². The predicted octanol–water partition coefficient (Wildman–Crippen LogP) is 6.35. The Bertz CT molecular complexity index is 1820. The zero-order chi connectivity index (χ0) is 31.4. The van der Waals surface area contributed by atoms with Gasteiger partial charge in [-0.15, -0.1) is 0 Å². The van der Waals surface area contributed by atoms with Gasteiger partial charge in [0.05, 0.1) is 10.5 Å². The molecule has 0 radical (unpaired) electrons. The first kappa shape index (κ1) is 30.8. The maximum atomic E-state index is 13.5. The number of hydrogen-bond donors (Lipinski definition) is 3. The number of halogens is 1. The zero-order valence-corrected chi connectivity index (χ0v) is 26.0. The summed E-state index contributed by atoms with van der Waals surface area (Å²) in [5.41, 5.74) is 2.57. The van der Waals surface area contributed by atoms with Gasteiger partial charge in [0.15, 0.2) is 0 Å². The number of anilines is 1. The van der Waals surface area contributed by atoms with Crippen molar-refractivity contribution in [3.05, 3.63) is 119 Å². The first-order valence-electron chi connectivity index (χ1n) is 14.7. The summed E-state index contributed by atoms with van der Waals surface area (Å²) < 4.78 is 35.3. The van der Waals surface area contributed by atoms with E-state index in [4.69, 9.17) is 16.3 Å². The van der Waals surface area contributed by atoms with Crippen LogP contribution in [0, 0.1) is 0 Å². The van der Waals surface area contributed by atoms with E-state index in [1.165, 1.54) is 6.07 Å². The first-order chi connectivity index (χ1) is 21.7. The summed E-state index contributed by atoms with van der Waals surface area (Å²) in [4.78, 5) is 19.3. The van der Waals surface area contributed by atoms with Crippen molar-refractivity contribution in [3.63, 3.8) is 0 Å². The number of rotatable bonds is 7. The number of piperidine rings is 1. The van der Waals surface area contributed by atoms with Crippen molar-refractivity contribution in [2.24, 2.45) is 0 Å². The van der Waals surface area contributed by atoms with Gasteiger partial charge in [-0.2, -0.15) is 0 Å². The fraction of sp³-hybridized carbons (Fsp3) is 0.235. The van der Waals surface area contributed by atoms with Crippen LogP contribution in [0.3, 0.4) is 0 Å². The van der Waals surface area contributed by atoms with Gasteiger partial charge in [0.25, 0.3) is 10.0 Å². The average molecular weight is 645 g/mol. The van der Waals surface area contributed by atoms with E-state index in [-0.39, 0.29) is 11.3 Å². The van der Waals surface area contributed by atoms with E-state index in [9.17, 15) is 18.3 Å². The lowest BCUT2D eigenvalue weighted by atomic mass is 9.84. The van der Waals surface area contributed by atoms with E-state index >= 15 is 0 Å². The fourth-order valence-corrected chi connectivity index (χ4v) is 7.11. The fourth-order valence-electron chi connectivity index (χ4n) is 5.83. The third-order valence-corrected chi connectivity index (χ3v) is 9.90. The number of pyridine rings is 1. The van der Waals surface area contributed by atoms with Crippen molar-refractivity contribution in [2.45, 2.75) is 36.2 Å². The maximum Gasteiger partial charge on any atom is 0.333 e. The maximum absolute atomic E-state index is 13.5. The summed E-state index contributed by atoms with van der Waals surface area (Å²) in [7, 11) is -4.25. The minimum atomic E-state index is -4.25. The Morgan fingerprint density at radius 1 is 1.00 bits per heavy atom. The van der Waals surface area contributed by atoms with E-state index in [1.54, 1.807) is 60.8 Å². The molecule has 0 atom stereocenters. The highest BCUT2D eigenvalue weighted by atomic mass is 35.5. The number of benzene rings is 3. The second kappa shape index (κ2) is 13.0. The Morgan fingerprint density at radius 2 is 1.76 bits per heavy atom. The van der Waals surface area contributed by atoms with Crippen LogP contribution >= 0.6 is 11.6 Å². The number of fused-ring (bicyclic) bond motifs is 2. The molecule has 2 amide bonds. The number of urea groups is 1. The molecule has 9 nitrogen and oxygen atoms in total. The highest BCUT2D eigenvalue weighted by molar-refractivity contribution is 7.90. The summed E-state index contributed by atoms with van der Waals surface area (Å²) in [5, 5.41) is 14.4. The van der Waals surface area contributed by atoms with Gasteiger partial charge in [-0.25, -0.2) is 22.9 Å².